The summed E-state index contributed by atoms with van der Waals surface area (Å²) in [5, 5.41) is 18.8. The topological polar surface area (TPSA) is 40.5 Å². The fourth-order valence-electron chi connectivity index (χ4n) is 2.15. The average molecular weight is 172 g/mol. The van der Waals surface area contributed by atoms with Crippen LogP contribution in [-0.2, 0) is 0 Å². The first-order valence-corrected chi connectivity index (χ1v) is 5.02. The number of aliphatic hydroxyl groups is 2. The lowest BCUT2D eigenvalue weighted by Gasteiger charge is -2.38. The summed E-state index contributed by atoms with van der Waals surface area (Å²) in [7, 11) is 0. The fourth-order valence-corrected chi connectivity index (χ4v) is 2.15. The maximum absolute atomic E-state index is 10.2. The third-order valence-electron chi connectivity index (χ3n) is 3.18. The molecule has 0 aromatic carbocycles. The van der Waals surface area contributed by atoms with E-state index >= 15 is 0 Å². The van der Waals surface area contributed by atoms with E-state index in [4.69, 9.17) is 5.11 Å². The van der Waals surface area contributed by atoms with E-state index in [0.29, 0.717) is 5.92 Å². The van der Waals surface area contributed by atoms with Gasteiger partial charge in [0.15, 0.2) is 0 Å². The summed E-state index contributed by atoms with van der Waals surface area (Å²) in [4.78, 5) is 0. The zero-order chi connectivity index (χ0) is 9.03. The molecule has 2 atom stereocenters. The molecule has 0 aliphatic heterocycles. The van der Waals surface area contributed by atoms with Gasteiger partial charge in [-0.25, -0.2) is 0 Å². The van der Waals surface area contributed by atoms with Gasteiger partial charge < -0.3 is 10.2 Å². The molecule has 2 heteroatoms. The van der Waals surface area contributed by atoms with E-state index in [0.717, 1.165) is 32.1 Å². The molecule has 0 bridgehead atoms. The molecule has 0 saturated heterocycles. The van der Waals surface area contributed by atoms with Gasteiger partial charge in [0.1, 0.15) is 0 Å². The van der Waals surface area contributed by atoms with Crippen LogP contribution in [0.15, 0.2) is 0 Å². The molecule has 2 N–H and O–H groups in total. The minimum absolute atomic E-state index is 0.203. The van der Waals surface area contributed by atoms with Crippen molar-refractivity contribution in [2.45, 2.75) is 51.0 Å². The van der Waals surface area contributed by atoms with Gasteiger partial charge in [0, 0.05) is 6.61 Å². The third kappa shape index (κ3) is 2.20. The molecule has 1 aliphatic rings. The molecule has 1 rings (SSSR count). The summed E-state index contributed by atoms with van der Waals surface area (Å²) in [6.45, 7) is 2.32. The molecule has 1 fully saturated rings. The van der Waals surface area contributed by atoms with Crippen molar-refractivity contribution in [2.75, 3.05) is 6.61 Å². The van der Waals surface area contributed by atoms with Crippen LogP contribution in [0.5, 0.6) is 0 Å². The molecule has 0 aromatic rings. The summed E-state index contributed by atoms with van der Waals surface area (Å²) >= 11 is 0. The van der Waals surface area contributed by atoms with Gasteiger partial charge in [-0.05, 0) is 31.6 Å². The number of hydrogen-bond acceptors (Lipinski definition) is 2. The molecule has 0 amide bonds. The van der Waals surface area contributed by atoms with Crippen molar-refractivity contribution >= 4 is 0 Å². The van der Waals surface area contributed by atoms with Crippen molar-refractivity contribution in [3.05, 3.63) is 0 Å². The van der Waals surface area contributed by atoms with Crippen LogP contribution < -0.4 is 0 Å². The Morgan fingerprint density at radius 2 is 2.17 bits per heavy atom. The second kappa shape index (κ2) is 4.24. The van der Waals surface area contributed by atoms with Crippen LogP contribution in [-0.4, -0.2) is 22.4 Å². The second-order valence-electron chi connectivity index (χ2n) is 4.08. The quantitative estimate of drug-likeness (QED) is 0.680. The molecule has 0 radical (unpaired) electrons. The van der Waals surface area contributed by atoms with E-state index in [1.807, 2.05) is 0 Å². The van der Waals surface area contributed by atoms with Gasteiger partial charge in [-0.1, -0.05) is 19.8 Å². The minimum atomic E-state index is -0.471. The van der Waals surface area contributed by atoms with Gasteiger partial charge in [-0.15, -0.1) is 0 Å². The Balaban J connectivity index is 2.42. The molecule has 72 valence electrons. The van der Waals surface area contributed by atoms with Crippen molar-refractivity contribution in [3.8, 4) is 0 Å². The zero-order valence-electron chi connectivity index (χ0n) is 7.92. The summed E-state index contributed by atoms with van der Waals surface area (Å²) in [6.07, 6.45) is 5.97. The Labute approximate surface area is 74.6 Å². The van der Waals surface area contributed by atoms with Crippen molar-refractivity contribution in [1.82, 2.24) is 0 Å². The monoisotopic (exact) mass is 172 g/mol. The summed E-state index contributed by atoms with van der Waals surface area (Å²) in [5.41, 5.74) is -0.471. The van der Waals surface area contributed by atoms with Crippen molar-refractivity contribution in [3.63, 3.8) is 0 Å². The van der Waals surface area contributed by atoms with Gasteiger partial charge in [0.2, 0.25) is 0 Å². The Morgan fingerprint density at radius 3 is 2.75 bits per heavy atom. The van der Waals surface area contributed by atoms with Crippen LogP contribution in [0.3, 0.4) is 0 Å². The van der Waals surface area contributed by atoms with Crippen molar-refractivity contribution in [2.24, 2.45) is 5.92 Å². The minimum Gasteiger partial charge on any atom is -0.396 e. The first-order valence-electron chi connectivity index (χ1n) is 5.02. The van der Waals surface area contributed by atoms with Crippen molar-refractivity contribution in [1.29, 1.82) is 0 Å². The second-order valence-corrected chi connectivity index (χ2v) is 4.08. The van der Waals surface area contributed by atoms with Crippen LogP contribution >= 0.6 is 0 Å². The Hall–Kier alpha value is -0.0800. The maximum atomic E-state index is 10.2. The number of aliphatic hydroxyl groups excluding tert-OH is 1. The largest absolute Gasteiger partial charge is 0.396 e. The van der Waals surface area contributed by atoms with E-state index in [2.05, 4.69) is 6.92 Å². The van der Waals surface area contributed by atoms with Crippen molar-refractivity contribution < 1.29 is 10.2 Å². The molecule has 1 aliphatic carbocycles. The number of rotatable bonds is 3. The van der Waals surface area contributed by atoms with E-state index in [-0.39, 0.29) is 6.61 Å². The third-order valence-corrected chi connectivity index (χ3v) is 3.18. The smallest absolute Gasteiger partial charge is 0.0674 e. The van der Waals surface area contributed by atoms with E-state index in [1.165, 1.54) is 6.42 Å². The Kier molecular flexibility index (Phi) is 3.53. The molecule has 0 heterocycles. The molecular weight excluding hydrogens is 152 g/mol. The average Bonchev–Trinajstić information content (AvgIpc) is 2.07. The Morgan fingerprint density at radius 1 is 1.42 bits per heavy atom. The predicted molar refractivity (Wildman–Crippen MR) is 48.9 cm³/mol. The van der Waals surface area contributed by atoms with Gasteiger partial charge in [0.05, 0.1) is 5.60 Å². The van der Waals surface area contributed by atoms with E-state index < -0.39 is 5.60 Å². The number of hydrogen-bond donors (Lipinski definition) is 2. The highest BCUT2D eigenvalue weighted by Gasteiger charge is 2.34. The van der Waals surface area contributed by atoms with Gasteiger partial charge in [-0.3, -0.25) is 0 Å². The molecule has 1 saturated carbocycles. The molecule has 2 unspecified atom stereocenters. The van der Waals surface area contributed by atoms with Crippen LogP contribution in [0.2, 0.25) is 0 Å². The normalized spacial score (nSPS) is 36.8. The highest BCUT2D eigenvalue weighted by molar-refractivity contribution is 4.87. The molecule has 2 nitrogen and oxygen atoms in total. The molecule has 12 heavy (non-hydrogen) atoms. The molecule has 0 spiro atoms. The first kappa shape index (κ1) is 10.0. The van der Waals surface area contributed by atoms with Crippen LogP contribution in [0.1, 0.15) is 45.4 Å². The van der Waals surface area contributed by atoms with Gasteiger partial charge in [0.25, 0.3) is 0 Å². The standard InChI is InChI=1S/C10H20O2/c1-9-5-2-3-6-10(9,12)7-4-8-11/h9,11-12H,2-8H2,1H3. The predicted octanol–water partition coefficient (Wildman–Crippen LogP) is 1.70. The summed E-state index contributed by atoms with van der Waals surface area (Å²) in [6, 6.07) is 0. The lowest BCUT2D eigenvalue weighted by molar-refractivity contribution is -0.0515. The van der Waals surface area contributed by atoms with Crippen LogP contribution in [0.4, 0.5) is 0 Å². The first-order chi connectivity index (χ1) is 5.69. The van der Waals surface area contributed by atoms with Crippen LogP contribution in [0, 0.1) is 5.92 Å². The van der Waals surface area contributed by atoms with Gasteiger partial charge >= 0.3 is 0 Å². The Bertz CT molecular complexity index is 136. The lowest BCUT2D eigenvalue weighted by Crippen LogP contribution is -2.39. The molecular formula is C10H20O2. The van der Waals surface area contributed by atoms with Crippen LogP contribution in [0.25, 0.3) is 0 Å². The maximum Gasteiger partial charge on any atom is 0.0674 e. The summed E-state index contributed by atoms with van der Waals surface area (Å²) in [5.74, 6) is 0.415. The fraction of sp³-hybridized carbons (Fsp3) is 1.00. The highest BCUT2D eigenvalue weighted by Crippen LogP contribution is 2.36. The summed E-state index contributed by atoms with van der Waals surface area (Å²) < 4.78 is 0. The zero-order valence-corrected chi connectivity index (χ0v) is 7.92. The SMILES string of the molecule is CC1CCCCC1(O)CCCO. The van der Waals surface area contributed by atoms with Gasteiger partial charge in [-0.2, -0.15) is 0 Å². The molecule has 0 aromatic heterocycles. The van der Waals surface area contributed by atoms with E-state index in [1.54, 1.807) is 0 Å². The van der Waals surface area contributed by atoms with E-state index in [9.17, 15) is 5.11 Å². The lowest BCUT2D eigenvalue weighted by atomic mass is 9.74. The highest BCUT2D eigenvalue weighted by atomic mass is 16.3.